The van der Waals surface area contributed by atoms with Crippen LogP contribution in [0, 0.1) is 12.8 Å². The Labute approximate surface area is 121 Å². The van der Waals surface area contributed by atoms with Crippen molar-refractivity contribution in [2.24, 2.45) is 11.0 Å². The van der Waals surface area contributed by atoms with Crippen LogP contribution in [0.2, 0.25) is 0 Å². The Hall–Kier alpha value is -2.16. The standard InChI is InChI=1S/C17H22N2O/c1-14(2)10-11-19(18-4)17(13-20)9-8-16-7-5-6-15(3)12-16/h5-7,9-14H,4,8H2,1-3H3/b11-10-,17-9-. The predicted octanol–water partition coefficient (Wildman–Crippen LogP) is 3.71. The first-order valence-corrected chi connectivity index (χ1v) is 6.72. The molecule has 1 aromatic carbocycles. The van der Waals surface area contributed by atoms with Gasteiger partial charge in [-0.25, -0.2) is 5.01 Å². The summed E-state index contributed by atoms with van der Waals surface area (Å²) in [7, 11) is 0. The second-order valence-electron chi connectivity index (χ2n) is 5.01. The van der Waals surface area contributed by atoms with Crippen molar-refractivity contribution < 1.29 is 4.79 Å². The van der Waals surface area contributed by atoms with E-state index in [1.54, 1.807) is 6.20 Å². The van der Waals surface area contributed by atoms with E-state index >= 15 is 0 Å². The second kappa shape index (κ2) is 8.10. The zero-order valence-electron chi connectivity index (χ0n) is 12.4. The number of hydrogen-bond acceptors (Lipinski definition) is 3. The number of rotatable bonds is 7. The number of aldehydes is 1. The Morgan fingerprint density at radius 2 is 2.20 bits per heavy atom. The maximum absolute atomic E-state index is 11.2. The summed E-state index contributed by atoms with van der Waals surface area (Å²) in [5, 5.41) is 5.36. The highest BCUT2D eigenvalue weighted by Crippen LogP contribution is 2.10. The number of hydrogen-bond donors (Lipinski definition) is 0. The van der Waals surface area contributed by atoms with Gasteiger partial charge in [0.2, 0.25) is 0 Å². The van der Waals surface area contributed by atoms with Crippen LogP contribution in [0.5, 0.6) is 0 Å². The van der Waals surface area contributed by atoms with Gasteiger partial charge in [-0.2, -0.15) is 5.10 Å². The van der Waals surface area contributed by atoms with Crippen molar-refractivity contribution >= 4 is 13.0 Å². The Bertz CT molecular complexity index is 515. The topological polar surface area (TPSA) is 32.7 Å². The molecule has 0 fully saturated rings. The van der Waals surface area contributed by atoms with E-state index in [1.165, 1.54) is 16.1 Å². The molecule has 0 amide bonds. The summed E-state index contributed by atoms with van der Waals surface area (Å²) in [6.45, 7) is 9.68. The minimum Gasteiger partial charge on any atom is -0.296 e. The average Bonchev–Trinajstić information content (AvgIpc) is 2.42. The lowest BCUT2D eigenvalue weighted by Gasteiger charge is -2.13. The molecule has 1 aromatic rings. The van der Waals surface area contributed by atoms with Crippen LogP contribution in [-0.4, -0.2) is 18.0 Å². The highest BCUT2D eigenvalue weighted by atomic mass is 16.1. The van der Waals surface area contributed by atoms with E-state index in [-0.39, 0.29) is 0 Å². The van der Waals surface area contributed by atoms with Crippen LogP contribution in [0.25, 0.3) is 0 Å². The molecule has 0 saturated carbocycles. The van der Waals surface area contributed by atoms with Crippen molar-refractivity contribution in [3.05, 3.63) is 59.4 Å². The molecule has 0 N–H and O–H groups in total. The van der Waals surface area contributed by atoms with Gasteiger partial charge in [0, 0.05) is 12.9 Å². The molecule has 3 heteroatoms. The molecule has 0 aromatic heterocycles. The number of hydrazone groups is 1. The number of benzene rings is 1. The van der Waals surface area contributed by atoms with Crippen molar-refractivity contribution in [1.29, 1.82) is 0 Å². The van der Waals surface area contributed by atoms with E-state index in [0.717, 1.165) is 6.29 Å². The lowest BCUT2D eigenvalue weighted by Crippen LogP contribution is -2.10. The van der Waals surface area contributed by atoms with Gasteiger partial charge in [0.05, 0.1) is 0 Å². The van der Waals surface area contributed by atoms with Crippen molar-refractivity contribution in [3.8, 4) is 0 Å². The van der Waals surface area contributed by atoms with E-state index < -0.39 is 0 Å². The molecule has 20 heavy (non-hydrogen) atoms. The largest absolute Gasteiger partial charge is 0.296 e. The van der Waals surface area contributed by atoms with Crippen LogP contribution in [0.15, 0.2) is 53.4 Å². The minimum absolute atomic E-state index is 0.393. The maximum atomic E-state index is 11.2. The Balaban J connectivity index is 2.85. The Morgan fingerprint density at radius 1 is 1.45 bits per heavy atom. The van der Waals surface area contributed by atoms with Gasteiger partial charge in [-0.3, -0.25) is 4.79 Å². The van der Waals surface area contributed by atoms with E-state index in [1.807, 2.05) is 24.3 Å². The summed E-state index contributed by atoms with van der Waals surface area (Å²) in [5.74, 6) is 0.393. The van der Waals surface area contributed by atoms with Crippen LogP contribution in [0.1, 0.15) is 25.0 Å². The van der Waals surface area contributed by atoms with E-state index in [4.69, 9.17) is 0 Å². The van der Waals surface area contributed by atoms with Gasteiger partial charge >= 0.3 is 0 Å². The monoisotopic (exact) mass is 270 g/mol. The molecule has 0 aliphatic heterocycles. The van der Waals surface area contributed by atoms with Gasteiger partial charge < -0.3 is 0 Å². The SMILES string of the molecule is C=NN(/C=C\C(C)C)/C(C=O)=C\Cc1cccc(C)c1. The molecule has 0 aliphatic rings. The van der Waals surface area contributed by atoms with Crippen LogP contribution < -0.4 is 0 Å². The third-order valence-corrected chi connectivity index (χ3v) is 2.78. The van der Waals surface area contributed by atoms with E-state index in [2.05, 4.69) is 44.7 Å². The number of carbonyl (C=O) groups excluding carboxylic acids is 1. The fourth-order valence-electron chi connectivity index (χ4n) is 1.73. The van der Waals surface area contributed by atoms with Crippen LogP contribution in [0.4, 0.5) is 0 Å². The zero-order chi connectivity index (χ0) is 15.0. The van der Waals surface area contributed by atoms with Crippen molar-refractivity contribution in [1.82, 2.24) is 5.01 Å². The number of allylic oxidation sites excluding steroid dienone is 3. The molecule has 3 nitrogen and oxygen atoms in total. The quantitative estimate of drug-likeness (QED) is 0.327. The molecule has 106 valence electrons. The summed E-state index contributed by atoms with van der Waals surface area (Å²) < 4.78 is 0. The van der Waals surface area contributed by atoms with E-state index in [9.17, 15) is 4.79 Å². The molecular weight excluding hydrogens is 248 g/mol. The summed E-state index contributed by atoms with van der Waals surface area (Å²) in [4.78, 5) is 11.2. The first-order valence-electron chi connectivity index (χ1n) is 6.72. The molecule has 0 heterocycles. The molecule has 1 rings (SSSR count). The lowest BCUT2D eigenvalue weighted by molar-refractivity contribution is -0.106. The third kappa shape index (κ3) is 5.22. The van der Waals surface area contributed by atoms with Crippen molar-refractivity contribution in [2.75, 3.05) is 0 Å². The highest BCUT2D eigenvalue weighted by Gasteiger charge is 2.03. The molecule has 0 saturated heterocycles. The van der Waals surface area contributed by atoms with Gasteiger partial charge in [0.25, 0.3) is 0 Å². The van der Waals surface area contributed by atoms with Crippen LogP contribution in [-0.2, 0) is 11.2 Å². The smallest absolute Gasteiger partial charge is 0.168 e. The summed E-state index contributed by atoms with van der Waals surface area (Å²) >= 11 is 0. The first kappa shape index (κ1) is 15.9. The first-order chi connectivity index (χ1) is 9.56. The van der Waals surface area contributed by atoms with Crippen LogP contribution in [0.3, 0.4) is 0 Å². The van der Waals surface area contributed by atoms with Gasteiger partial charge in [-0.05, 0) is 24.8 Å². The normalized spacial score (nSPS) is 11.9. The van der Waals surface area contributed by atoms with Crippen molar-refractivity contribution in [2.45, 2.75) is 27.2 Å². The molecular formula is C17H22N2O. The fraction of sp³-hybridized carbons (Fsp3) is 0.294. The van der Waals surface area contributed by atoms with Gasteiger partial charge in [-0.15, -0.1) is 0 Å². The number of aryl methyl sites for hydroxylation is 1. The van der Waals surface area contributed by atoms with Crippen LogP contribution >= 0.6 is 0 Å². The Morgan fingerprint density at radius 3 is 2.75 bits per heavy atom. The van der Waals surface area contributed by atoms with Crippen molar-refractivity contribution in [3.63, 3.8) is 0 Å². The lowest BCUT2D eigenvalue weighted by atomic mass is 10.1. The zero-order valence-corrected chi connectivity index (χ0v) is 12.4. The average molecular weight is 270 g/mol. The predicted molar refractivity (Wildman–Crippen MR) is 84.4 cm³/mol. The number of nitrogens with zero attached hydrogens (tertiary/aromatic N) is 2. The molecule has 0 aliphatic carbocycles. The molecule has 0 unspecified atom stereocenters. The Kier molecular flexibility index (Phi) is 6.44. The molecule has 0 atom stereocenters. The molecule has 0 spiro atoms. The minimum atomic E-state index is 0.393. The third-order valence-electron chi connectivity index (χ3n) is 2.78. The van der Waals surface area contributed by atoms with Gasteiger partial charge in [-0.1, -0.05) is 55.8 Å². The highest BCUT2D eigenvalue weighted by molar-refractivity contribution is 5.72. The maximum Gasteiger partial charge on any atom is 0.168 e. The summed E-state index contributed by atoms with van der Waals surface area (Å²) in [5.41, 5.74) is 2.88. The van der Waals surface area contributed by atoms with Gasteiger partial charge in [0.1, 0.15) is 5.70 Å². The van der Waals surface area contributed by atoms with E-state index in [0.29, 0.717) is 18.0 Å². The number of carbonyl (C=O) groups is 1. The molecule has 0 bridgehead atoms. The second-order valence-corrected chi connectivity index (χ2v) is 5.01. The fourth-order valence-corrected chi connectivity index (χ4v) is 1.73. The summed E-state index contributed by atoms with van der Waals surface area (Å²) in [6, 6.07) is 8.22. The molecule has 0 radical (unpaired) electrons. The van der Waals surface area contributed by atoms with Gasteiger partial charge in [0.15, 0.2) is 6.29 Å². The summed E-state index contributed by atoms with van der Waals surface area (Å²) in [6.07, 6.45) is 7.10.